The number of aromatic nitrogens is 1. The van der Waals surface area contributed by atoms with Crippen molar-refractivity contribution in [3.05, 3.63) is 66.1 Å². The summed E-state index contributed by atoms with van der Waals surface area (Å²) in [6.07, 6.45) is 7.26. The number of likely N-dealkylation sites (tertiary alicyclic amines) is 1. The molecule has 0 N–H and O–H groups in total. The van der Waals surface area contributed by atoms with E-state index in [0.29, 0.717) is 5.92 Å². The van der Waals surface area contributed by atoms with Crippen LogP contribution in [0.25, 0.3) is 10.9 Å². The van der Waals surface area contributed by atoms with E-state index in [4.69, 9.17) is 4.74 Å². The highest BCUT2D eigenvalue weighted by Crippen LogP contribution is 2.37. The molecule has 2 aliphatic rings. The van der Waals surface area contributed by atoms with Crippen LogP contribution in [0.2, 0.25) is 0 Å². The predicted molar refractivity (Wildman–Crippen MR) is 115 cm³/mol. The summed E-state index contributed by atoms with van der Waals surface area (Å²) >= 11 is 0. The largest absolute Gasteiger partial charge is 0.492 e. The normalized spacial score (nSPS) is 18.4. The summed E-state index contributed by atoms with van der Waals surface area (Å²) in [5, 5.41) is 1.25. The molecular formula is C25H29FN2O. The van der Waals surface area contributed by atoms with E-state index in [-0.39, 0.29) is 5.82 Å². The SMILES string of the molecule is Fc1ccc2c(C3CCN(CCOc4ccccc4)CC3)cn(CC3CC3)c2c1. The van der Waals surface area contributed by atoms with E-state index >= 15 is 0 Å². The Hall–Kier alpha value is -2.33. The first-order valence-corrected chi connectivity index (χ1v) is 10.9. The van der Waals surface area contributed by atoms with E-state index < -0.39 is 0 Å². The molecule has 4 heteroatoms. The Morgan fingerprint density at radius 2 is 1.76 bits per heavy atom. The van der Waals surface area contributed by atoms with E-state index in [1.165, 1.54) is 23.8 Å². The molecule has 0 spiro atoms. The third-order valence-electron chi connectivity index (χ3n) is 6.47. The summed E-state index contributed by atoms with van der Waals surface area (Å²) < 4.78 is 22.0. The van der Waals surface area contributed by atoms with E-state index in [1.807, 2.05) is 36.4 Å². The highest BCUT2D eigenvalue weighted by atomic mass is 19.1. The first-order valence-electron chi connectivity index (χ1n) is 10.9. The molecule has 2 fully saturated rings. The Bertz CT molecular complexity index is 956. The lowest BCUT2D eigenvalue weighted by Gasteiger charge is -2.31. The van der Waals surface area contributed by atoms with Crippen molar-refractivity contribution < 1.29 is 9.13 Å². The Morgan fingerprint density at radius 1 is 0.966 bits per heavy atom. The molecule has 1 saturated carbocycles. The lowest BCUT2D eigenvalue weighted by molar-refractivity contribution is 0.173. The van der Waals surface area contributed by atoms with Gasteiger partial charge < -0.3 is 9.30 Å². The second kappa shape index (κ2) is 8.19. The van der Waals surface area contributed by atoms with E-state index in [2.05, 4.69) is 15.7 Å². The third kappa shape index (κ3) is 4.32. The highest BCUT2D eigenvalue weighted by Gasteiger charge is 2.26. The number of para-hydroxylation sites is 1. The molecule has 0 atom stereocenters. The molecule has 5 rings (SSSR count). The monoisotopic (exact) mass is 392 g/mol. The van der Waals surface area contributed by atoms with E-state index in [1.54, 1.807) is 12.1 Å². The molecule has 3 nitrogen and oxygen atoms in total. The van der Waals surface area contributed by atoms with Crippen LogP contribution in [0.4, 0.5) is 4.39 Å². The fourth-order valence-corrected chi connectivity index (χ4v) is 4.63. The van der Waals surface area contributed by atoms with Gasteiger partial charge in [0, 0.05) is 24.7 Å². The van der Waals surface area contributed by atoms with Gasteiger partial charge in [0.15, 0.2) is 0 Å². The van der Waals surface area contributed by atoms with Crippen molar-refractivity contribution in [2.24, 2.45) is 5.92 Å². The number of halogens is 1. The van der Waals surface area contributed by atoms with Gasteiger partial charge in [-0.05, 0) is 86.5 Å². The molecule has 2 aromatic carbocycles. The maximum atomic E-state index is 13.9. The van der Waals surface area contributed by atoms with Crippen LogP contribution in [0.15, 0.2) is 54.7 Å². The van der Waals surface area contributed by atoms with Crippen molar-refractivity contribution in [3.8, 4) is 5.75 Å². The van der Waals surface area contributed by atoms with Gasteiger partial charge in [-0.1, -0.05) is 18.2 Å². The lowest BCUT2D eigenvalue weighted by Crippen LogP contribution is -2.35. The number of rotatable bonds is 7. The summed E-state index contributed by atoms with van der Waals surface area (Å²) in [6, 6.07) is 15.4. The molecule has 2 heterocycles. The molecule has 152 valence electrons. The van der Waals surface area contributed by atoms with Gasteiger partial charge in [0.1, 0.15) is 18.2 Å². The second-order valence-corrected chi connectivity index (χ2v) is 8.62. The molecular weight excluding hydrogens is 363 g/mol. The third-order valence-corrected chi connectivity index (χ3v) is 6.47. The molecule has 29 heavy (non-hydrogen) atoms. The van der Waals surface area contributed by atoms with Gasteiger partial charge in [-0.15, -0.1) is 0 Å². The zero-order valence-corrected chi connectivity index (χ0v) is 16.9. The maximum absolute atomic E-state index is 13.9. The van der Waals surface area contributed by atoms with Crippen LogP contribution in [0, 0.1) is 11.7 Å². The molecule has 0 bridgehead atoms. The van der Waals surface area contributed by atoms with Crippen molar-refractivity contribution in [2.45, 2.75) is 38.1 Å². The van der Waals surface area contributed by atoms with Gasteiger partial charge >= 0.3 is 0 Å². The zero-order valence-electron chi connectivity index (χ0n) is 16.9. The number of piperidine rings is 1. The topological polar surface area (TPSA) is 17.4 Å². The van der Waals surface area contributed by atoms with Crippen LogP contribution in [-0.2, 0) is 6.54 Å². The lowest BCUT2D eigenvalue weighted by atomic mass is 9.89. The highest BCUT2D eigenvalue weighted by molar-refractivity contribution is 5.84. The maximum Gasteiger partial charge on any atom is 0.125 e. The molecule has 1 aromatic heterocycles. The van der Waals surface area contributed by atoms with Crippen molar-refractivity contribution >= 4 is 10.9 Å². The standard InChI is InChI=1S/C25H29FN2O/c26-21-8-9-23-24(18-28(25(23)16-21)17-19-6-7-19)20-10-12-27(13-11-20)14-15-29-22-4-2-1-3-5-22/h1-5,8-9,16,18-20H,6-7,10-15,17H2. The Balaban J connectivity index is 1.22. The average Bonchev–Trinajstić information content (AvgIpc) is 3.50. The van der Waals surface area contributed by atoms with Gasteiger partial charge in [0.2, 0.25) is 0 Å². The van der Waals surface area contributed by atoms with Gasteiger partial charge in [-0.3, -0.25) is 4.90 Å². The first kappa shape index (κ1) is 18.7. The molecule has 0 amide bonds. The summed E-state index contributed by atoms with van der Waals surface area (Å²) in [5.74, 6) is 2.16. The van der Waals surface area contributed by atoms with Crippen molar-refractivity contribution in [1.29, 1.82) is 0 Å². The van der Waals surface area contributed by atoms with E-state index in [0.717, 1.165) is 62.8 Å². The second-order valence-electron chi connectivity index (χ2n) is 8.62. The minimum atomic E-state index is -0.132. The fraction of sp³-hybridized carbons (Fsp3) is 0.440. The predicted octanol–water partition coefficient (Wildman–Crippen LogP) is 5.45. The Labute approximate surface area is 172 Å². The molecule has 1 aliphatic heterocycles. The van der Waals surface area contributed by atoms with Crippen molar-refractivity contribution in [3.63, 3.8) is 0 Å². The number of benzene rings is 2. The van der Waals surface area contributed by atoms with Crippen LogP contribution in [0.5, 0.6) is 5.75 Å². The summed E-state index contributed by atoms with van der Waals surface area (Å²) in [7, 11) is 0. The number of hydrogen-bond donors (Lipinski definition) is 0. The average molecular weight is 393 g/mol. The Morgan fingerprint density at radius 3 is 2.52 bits per heavy atom. The first-order chi connectivity index (χ1) is 14.3. The summed E-state index contributed by atoms with van der Waals surface area (Å²) in [4.78, 5) is 2.50. The Kier molecular flexibility index (Phi) is 5.28. The number of ether oxygens (including phenoxy) is 1. The van der Waals surface area contributed by atoms with Crippen LogP contribution in [0.1, 0.15) is 37.2 Å². The van der Waals surface area contributed by atoms with Crippen molar-refractivity contribution in [2.75, 3.05) is 26.2 Å². The smallest absolute Gasteiger partial charge is 0.125 e. The van der Waals surface area contributed by atoms with Gasteiger partial charge in [-0.25, -0.2) is 4.39 Å². The quantitative estimate of drug-likeness (QED) is 0.532. The van der Waals surface area contributed by atoms with E-state index in [9.17, 15) is 4.39 Å². The molecule has 0 unspecified atom stereocenters. The number of hydrogen-bond acceptors (Lipinski definition) is 2. The zero-order chi connectivity index (χ0) is 19.6. The van der Waals surface area contributed by atoms with Gasteiger partial charge in [0.25, 0.3) is 0 Å². The number of fused-ring (bicyclic) bond motifs is 1. The minimum Gasteiger partial charge on any atom is -0.492 e. The molecule has 1 saturated heterocycles. The van der Waals surface area contributed by atoms with Crippen molar-refractivity contribution in [1.82, 2.24) is 9.47 Å². The van der Waals surface area contributed by atoms with Crippen LogP contribution >= 0.6 is 0 Å². The van der Waals surface area contributed by atoms with Crippen LogP contribution in [-0.4, -0.2) is 35.7 Å². The molecule has 0 radical (unpaired) electrons. The molecule has 3 aromatic rings. The van der Waals surface area contributed by atoms with Gasteiger partial charge in [0.05, 0.1) is 5.52 Å². The fourth-order valence-electron chi connectivity index (χ4n) is 4.63. The summed E-state index contributed by atoms with van der Waals surface area (Å²) in [5.41, 5.74) is 2.49. The van der Waals surface area contributed by atoms with Crippen LogP contribution in [0.3, 0.4) is 0 Å². The van der Waals surface area contributed by atoms with Crippen LogP contribution < -0.4 is 4.74 Å². The molecule has 1 aliphatic carbocycles. The minimum absolute atomic E-state index is 0.132. The summed E-state index contributed by atoms with van der Waals surface area (Å²) in [6.45, 7) is 4.93. The number of nitrogens with zero attached hydrogens (tertiary/aromatic N) is 2. The van der Waals surface area contributed by atoms with Gasteiger partial charge in [-0.2, -0.15) is 0 Å².